The first-order valence-corrected chi connectivity index (χ1v) is 6.28. The van der Waals surface area contributed by atoms with Crippen molar-refractivity contribution in [3.05, 3.63) is 48.3 Å². The van der Waals surface area contributed by atoms with Crippen LogP contribution in [0.15, 0.2) is 42.7 Å². The lowest BCUT2D eigenvalue weighted by molar-refractivity contribution is 0.409. The van der Waals surface area contributed by atoms with E-state index < -0.39 is 0 Å². The first-order chi connectivity index (χ1) is 9.78. The Morgan fingerprint density at radius 1 is 1.20 bits per heavy atom. The van der Waals surface area contributed by atoms with E-state index in [4.69, 9.17) is 4.74 Å². The number of methoxy groups -OCH3 is 1. The van der Waals surface area contributed by atoms with E-state index in [1.807, 2.05) is 43.4 Å². The number of hydrogen-bond donors (Lipinski definition) is 0. The minimum Gasteiger partial charge on any atom is -0.496 e. The molecule has 0 atom stereocenters. The Kier molecular flexibility index (Phi) is 3.20. The Morgan fingerprint density at radius 2 is 2.05 bits per heavy atom. The Balaban J connectivity index is 1.86. The van der Waals surface area contributed by atoms with Gasteiger partial charge in [0.25, 0.3) is 0 Å². The smallest absolute Gasteiger partial charge is 0.177 e. The summed E-state index contributed by atoms with van der Waals surface area (Å²) in [4.78, 5) is 2.05. The molecule has 0 fully saturated rings. The number of ether oxygens (including phenoxy) is 1. The van der Waals surface area contributed by atoms with Crippen molar-refractivity contribution in [3.8, 4) is 5.75 Å². The van der Waals surface area contributed by atoms with Crippen LogP contribution in [0.1, 0.15) is 5.56 Å². The van der Waals surface area contributed by atoms with E-state index in [-0.39, 0.29) is 0 Å². The topological polar surface area (TPSA) is 55.5 Å². The van der Waals surface area contributed by atoms with Crippen LogP contribution in [0, 0.1) is 0 Å². The lowest BCUT2D eigenvalue weighted by Crippen LogP contribution is -2.19. The normalized spacial score (nSPS) is 10.7. The summed E-state index contributed by atoms with van der Waals surface area (Å²) < 4.78 is 7.03. The predicted octanol–water partition coefficient (Wildman–Crippen LogP) is 1.77. The summed E-state index contributed by atoms with van der Waals surface area (Å²) in [6, 6.07) is 11.8. The summed E-state index contributed by atoms with van der Waals surface area (Å²) in [5, 5.41) is 12.2. The zero-order valence-electron chi connectivity index (χ0n) is 11.4. The molecule has 6 nitrogen and oxygen atoms in total. The monoisotopic (exact) mass is 269 g/mol. The van der Waals surface area contributed by atoms with Crippen LogP contribution in [0.2, 0.25) is 0 Å². The highest BCUT2D eigenvalue weighted by Crippen LogP contribution is 2.21. The SMILES string of the molecule is COc1ccccc1CN(C)c1ccc2nncn2n1. The maximum absolute atomic E-state index is 5.37. The minimum absolute atomic E-state index is 0.713. The lowest BCUT2D eigenvalue weighted by Gasteiger charge is -2.19. The van der Waals surface area contributed by atoms with E-state index in [0.29, 0.717) is 6.54 Å². The van der Waals surface area contributed by atoms with E-state index in [0.717, 1.165) is 22.8 Å². The van der Waals surface area contributed by atoms with Gasteiger partial charge in [0.2, 0.25) is 0 Å². The van der Waals surface area contributed by atoms with Crippen LogP contribution in [-0.4, -0.2) is 34.0 Å². The third-order valence-electron chi connectivity index (χ3n) is 3.14. The molecule has 0 unspecified atom stereocenters. The molecule has 20 heavy (non-hydrogen) atoms. The number of benzene rings is 1. The van der Waals surface area contributed by atoms with Crippen molar-refractivity contribution in [1.29, 1.82) is 0 Å². The Bertz CT molecular complexity index is 724. The quantitative estimate of drug-likeness (QED) is 0.722. The molecule has 0 N–H and O–H groups in total. The second-order valence-electron chi connectivity index (χ2n) is 4.49. The maximum Gasteiger partial charge on any atom is 0.177 e. The molecule has 0 amide bonds. The number of hydrogen-bond acceptors (Lipinski definition) is 5. The third kappa shape index (κ3) is 2.27. The van der Waals surface area contributed by atoms with E-state index in [9.17, 15) is 0 Å². The summed E-state index contributed by atoms with van der Waals surface area (Å²) in [5.41, 5.74) is 1.85. The van der Waals surface area contributed by atoms with Crippen molar-refractivity contribution in [1.82, 2.24) is 19.8 Å². The average molecular weight is 269 g/mol. The fourth-order valence-electron chi connectivity index (χ4n) is 2.09. The Labute approximate surface area is 116 Å². The van der Waals surface area contributed by atoms with Gasteiger partial charge < -0.3 is 9.64 Å². The summed E-state index contributed by atoms with van der Waals surface area (Å²) in [5.74, 6) is 1.73. The number of aromatic nitrogens is 4. The van der Waals surface area contributed by atoms with Gasteiger partial charge in [0.1, 0.15) is 17.9 Å². The van der Waals surface area contributed by atoms with Gasteiger partial charge in [-0.3, -0.25) is 0 Å². The van der Waals surface area contributed by atoms with E-state index in [1.54, 1.807) is 18.0 Å². The molecule has 102 valence electrons. The zero-order valence-corrected chi connectivity index (χ0v) is 11.4. The predicted molar refractivity (Wildman–Crippen MR) is 75.9 cm³/mol. The van der Waals surface area contributed by atoms with Crippen molar-refractivity contribution in [3.63, 3.8) is 0 Å². The minimum atomic E-state index is 0.713. The van der Waals surface area contributed by atoms with Gasteiger partial charge in [-0.15, -0.1) is 15.3 Å². The lowest BCUT2D eigenvalue weighted by atomic mass is 10.2. The number of anilines is 1. The van der Waals surface area contributed by atoms with Gasteiger partial charge in [-0.25, -0.2) is 0 Å². The first kappa shape index (κ1) is 12.4. The van der Waals surface area contributed by atoms with Gasteiger partial charge in [0.05, 0.1) is 7.11 Å². The number of nitrogens with zero attached hydrogens (tertiary/aromatic N) is 5. The van der Waals surface area contributed by atoms with Gasteiger partial charge in [-0.2, -0.15) is 4.52 Å². The van der Waals surface area contributed by atoms with Crippen molar-refractivity contribution < 1.29 is 4.74 Å². The number of rotatable bonds is 4. The molecule has 0 saturated carbocycles. The second kappa shape index (κ2) is 5.16. The Hall–Kier alpha value is -2.63. The summed E-state index contributed by atoms with van der Waals surface area (Å²) in [6.07, 6.45) is 1.59. The van der Waals surface area contributed by atoms with Gasteiger partial charge in [-0.1, -0.05) is 18.2 Å². The average Bonchev–Trinajstić information content (AvgIpc) is 2.95. The molecule has 6 heteroatoms. The van der Waals surface area contributed by atoms with E-state index in [2.05, 4.69) is 20.2 Å². The van der Waals surface area contributed by atoms with Gasteiger partial charge in [0, 0.05) is 19.2 Å². The molecule has 2 aromatic heterocycles. The Morgan fingerprint density at radius 3 is 2.90 bits per heavy atom. The highest BCUT2D eigenvalue weighted by Gasteiger charge is 2.08. The fourth-order valence-corrected chi connectivity index (χ4v) is 2.09. The van der Waals surface area contributed by atoms with Crippen molar-refractivity contribution in [2.24, 2.45) is 0 Å². The molecule has 0 aliphatic rings. The van der Waals surface area contributed by atoms with Gasteiger partial charge in [-0.05, 0) is 18.2 Å². The zero-order chi connectivity index (χ0) is 13.9. The molecule has 2 heterocycles. The fraction of sp³-hybridized carbons (Fsp3) is 0.214. The molecule has 3 rings (SSSR count). The molecule has 0 radical (unpaired) electrons. The molecule has 3 aromatic rings. The number of para-hydroxylation sites is 1. The van der Waals surface area contributed by atoms with Crippen LogP contribution in [0.25, 0.3) is 5.65 Å². The van der Waals surface area contributed by atoms with Crippen LogP contribution < -0.4 is 9.64 Å². The van der Waals surface area contributed by atoms with Crippen LogP contribution in [-0.2, 0) is 6.54 Å². The maximum atomic E-state index is 5.37. The molecular formula is C14H15N5O. The standard InChI is InChI=1S/C14H15N5O/c1-18(9-11-5-3-4-6-12(11)20-2)14-8-7-13-16-15-10-19(13)17-14/h3-8,10H,9H2,1-2H3. The van der Waals surface area contributed by atoms with Gasteiger partial charge in [0.15, 0.2) is 5.65 Å². The highest BCUT2D eigenvalue weighted by molar-refractivity contribution is 5.46. The largest absolute Gasteiger partial charge is 0.496 e. The van der Waals surface area contributed by atoms with Crippen LogP contribution in [0.5, 0.6) is 5.75 Å². The van der Waals surface area contributed by atoms with Crippen LogP contribution >= 0.6 is 0 Å². The van der Waals surface area contributed by atoms with Crippen molar-refractivity contribution in [2.75, 3.05) is 19.1 Å². The number of fused-ring (bicyclic) bond motifs is 1. The van der Waals surface area contributed by atoms with Crippen LogP contribution in [0.3, 0.4) is 0 Å². The summed E-state index contributed by atoms with van der Waals surface area (Å²) >= 11 is 0. The third-order valence-corrected chi connectivity index (χ3v) is 3.14. The molecule has 0 spiro atoms. The molecule has 0 bridgehead atoms. The van der Waals surface area contributed by atoms with Gasteiger partial charge >= 0.3 is 0 Å². The molecule has 1 aromatic carbocycles. The van der Waals surface area contributed by atoms with E-state index in [1.165, 1.54) is 0 Å². The first-order valence-electron chi connectivity index (χ1n) is 6.28. The molecule has 0 aliphatic heterocycles. The molecule has 0 aliphatic carbocycles. The van der Waals surface area contributed by atoms with E-state index >= 15 is 0 Å². The van der Waals surface area contributed by atoms with Crippen molar-refractivity contribution >= 4 is 11.5 Å². The van der Waals surface area contributed by atoms with Crippen molar-refractivity contribution in [2.45, 2.75) is 6.54 Å². The molecular weight excluding hydrogens is 254 g/mol. The second-order valence-corrected chi connectivity index (χ2v) is 4.49. The summed E-state index contributed by atoms with van der Waals surface area (Å²) in [7, 11) is 3.67. The highest BCUT2D eigenvalue weighted by atomic mass is 16.5. The molecule has 0 saturated heterocycles. The van der Waals surface area contributed by atoms with Crippen LogP contribution in [0.4, 0.5) is 5.82 Å². The summed E-state index contributed by atoms with van der Waals surface area (Å²) in [6.45, 7) is 0.713.